The van der Waals surface area contributed by atoms with Gasteiger partial charge in [-0.15, -0.1) is 11.3 Å². The fourth-order valence-electron chi connectivity index (χ4n) is 3.83. The first-order valence-electron chi connectivity index (χ1n) is 13.4. The maximum absolute atomic E-state index is 12.7. The number of oxazole rings is 1. The summed E-state index contributed by atoms with van der Waals surface area (Å²) < 4.78 is 9.88. The Morgan fingerprint density at radius 3 is 2.32 bits per heavy atom. The van der Waals surface area contributed by atoms with Crippen molar-refractivity contribution in [2.75, 3.05) is 18.5 Å². The van der Waals surface area contributed by atoms with E-state index in [4.69, 9.17) is 10.2 Å². The van der Waals surface area contributed by atoms with E-state index in [-0.39, 0.29) is 88.0 Å². The van der Waals surface area contributed by atoms with Crippen molar-refractivity contribution in [1.82, 2.24) is 9.97 Å². The van der Waals surface area contributed by atoms with Crippen LogP contribution in [0.1, 0.15) is 89.1 Å². The normalized spacial score (nSPS) is 15.0. The van der Waals surface area contributed by atoms with Crippen LogP contribution in [0.5, 0.6) is 0 Å². The average molecular weight is 837 g/mol. The predicted octanol–water partition coefficient (Wildman–Crippen LogP) is 2.40. The zero-order valence-electron chi connectivity index (χ0n) is 25.0. The summed E-state index contributed by atoms with van der Waals surface area (Å²) in [6.07, 6.45) is 16.5. The van der Waals surface area contributed by atoms with Crippen molar-refractivity contribution in [2.45, 2.75) is 84.3 Å². The van der Waals surface area contributed by atoms with Crippen LogP contribution in [0.4, 0.5) is 11.7 Å². The van der Waals surface area contributed by atoms with E-state index in [1.165, 1.54) is 50.3 Å². The number of nitrogens with zero attached hydrogens (tertiary/aromatic N) is 2. The molecule has 5 N–H and O–H groups in total. The maximum atomic E-state index is 12.7. The molecule has 1 atom stereocenters. The number of hydrogen-bond acceptors (Lipinski definition) is 9. The van der Waals surface area contributed by atoms with Crippen molar-refractivity contribution < 1.29 is 107 Å². The summed E-state index contributed by atoms with van der Waals surface area (Å²) >= 11 is 1.68. The number of anilines is 2. The molecule has 1 aromatic carbocycles. The Morgan fingerprint density at radius 2 is 1.85 bits per heavy atom. The average Bonchev–Trinajstić information content (AvgIpc) is 3.58. The first-order valence-corrected chi connectivity index (χ1v) is 14.2. The number of thiazole rings is 1. The van der Waals surface area contributed by atoms with Gasteiger partial charge in [0, 0.05) is 17.8 Å². The predicted molar refractivity (Wildman–Crippen MR) is 155 cm³/mol. The standard InChI is InChI=1S/C20H23N4O2S.C4H7O.C3H5O.C2H6.K.H2O.U/c1-20(21,25)16-11-14(24-19-22-9-10-26-19)7-8-15(16)17-12-23-18(27-17)13-5-3-2-4-6-13;1-2-3-4-5;1-2-4-3-1;1-2;;;/h7-13H,2-6,21H2,1H3,(H,22,24);2-3H2,1H3;1H,2-3H2;1-2H3;;1H2;/q3*-1;;+1;;+2. The third-order valence-corrected chi connectivity index (χ3v) is 7.00. The van der Waals surface area contributed by atoms with Crippen LogP contribution in [0, 0.1) is 37.5 Å². The number of ether oxygens (including phenoxy) is 1. The number of benzene rings is 1. The minimum absolute atomic E-state index is 0. The van der Waals surface area contributed by atoms with Crippen molar-refractivity contribution >= 4 is 29.3 Å². The van der Waals surface area contributed by atoms with Crippen LogP contribution < -0.4 is 67.5 Å². The molecular weight excluding hydrogens is 794 g/mol. The first kappa shape index (κ1) is 43.2. The van der Waals surface area contributed by atoms with Crippen molar-refractivity contribution in [3.8, 4) is 10.4 Å². The van der Waals surface area contributed by atoms with E-state index in [0.717, 1.165) is 30.1 Å². The van der Waals surface area contributed by atoms with E-state index in [0.29, 0.717) is 29.6 Å². The van der Waals surface area contributed by atoms with Gasteiger partial charge in [0.25, 0.3) is 6.01 Å². The Morgan fingerprint density at radius 1 is 1.22 bits per heavy atom. The smallest absolute Gasteiger partial charge is 0.835 e. The van der Waals surface area contributed by atoms with E-state index >= 15 is 0 Å². The second-order valence-electron chi connectivity index (χ2n) is 8.95. The van der Waals surface area contributed by atoms with Crippen molar-refractivity contribution in [2.24, 2.45) is 5.73 Å². The number of carbonyl (C=O) groups excluding carboxylic acids is 1. The molecule has 3 heterocycles. The molecule has 5 rings (SSSR count). The molecule has 1 unspecified atom stereocenters. The number of nitrogens with two attached hydrogens (primary N) is 1. The fourth-order valence-corrected chi connectivity index (χ4v) is 4.95. The Labute approximate surface area is 315 Å². The van der Waals surface area contributed by atoms with Gasteiger partial charge in [-0.25, -0.2) is 9.97 Å². The molecule has 1 saturated heterocycles. The molecule has 41 heavy (non-hydrogen) atoms. The summed E-state index contributed by atoms with van der Waals surface area (Å²) in [5.74, 6) is 0.545. The number of rotatable bonds is 7. The summed E-state index contributed by atoms with van der Waals surface area (Å²) in [7, 11) is 0. The Balaban J connectivity index is 0. The van der Waals surface area contributed by atoms with E-state index in [1.54, 1.807) is 29.9 Å². The number of nitrogens with one attached hydrogen (secondary N) is 1. The van der Waals surface area contributed by atoms with Crippen molar-refractivity contribution in [3.05, 3.63) is 53.8 Å². The van der Waals surface area contributed by atoms with Gasteiger partial charge < -0.3 is 35.6 Å². The Bertz CT molecular complexity index is 1050. The van der Waals surface area contributed by atoms with Crippen LogP contribution in [0.2, 0.25) is 0 Å². The van der Waals surface area contributed by atoms with Crippen molar-refractivity contribution in [3.63, 3.8) is 0 Å². The maximum Gasteiger partial charge on any atom is 2.00 e. The van der Waals surface area contributed by atoms with E-state index in [2.05, 4.69) is 26.4 Å². The zero-order chi connectivity index (χ0) is 27.8. The second-order valence-corrected chi connectivity index (χ2v) is 10.0. The molecule has 3 aromatic rings. The number of aromatic nitrogens is 2. The first-order chi connectivity index (χ1) is 18.4. The number of hydrogen-bond donors (Lipinski definition) is 2. The molecular formula is C29H43KN4O5SU. The molecule has 0 bridgehead atoms. The molecule has 12 heteroatoms. The third-order valence-electron chi connectivity index (χ3n) is 5.80. The summed E-state index contributed by atoms with van der Waals surface area (Å²) in [6, 6.07) is 5.96. The zero-order valence-corrected chi connectivity index (χ0v) is 33.1. The van der Waals surface area contributed by atoms with Crippen LogP contribution in [0.15, 0.2) is 41.3 Å². The molecule has 9 nitrogen and oxygen atoms in total. The van der Waals surface area contributed by atoms with Gasteiger partial charge >= 0.3 is 82.5 Å². The summed E-state index contributed by atoms with van der Waals surface area (Å²) in [5, 5.41) is 16.9. The minimum atomic E-state index is -1.72. The molecule has 1 aliphatic carbocycles. The molecule has 1 saturated carbocycles. The summed E-state index contributed by atoms with van der Waals surface area (Å²) in [5.41, 5.74) is 6.30. The second kappa shape index (κ2) is 24.4. The monoisotopic (exact) mass is 836 g/mol. The van der Waals surface area contributed by atoms with Crippen LogP contribution in [0.3, 0.4) is 0 Å². The molecule has 0 radical (unpaired) electrons. The van der Waals surface area contributed by atoms with Crippen LogP contribution >= 0.6 is 11.3 Å². The topological polar surface area (TPSA) is 158 Å². The van der Waals surface area contributed by atoms with Crippen LogP contribution in [0.25, 0.3) is 10.4 Å². The molecule has 0 amide bonds. The van der Waals surface area contributed by atoms with E-state index in [1.807, 2.05) is 39.1 Å². The SMILES string of the molecule is CC.CC(N)([O-])c1cc(Nc2ncco2)ccc1-c1cnc(C2CCCCC2)s1.CCC[C-]=O.O.[CH-]1COC1.[K+].[U+2]. The van der Waals surface area contributed by atoms with Gasteiger partial charge in [-0.3, -0.25) is 12.7 Å². The van der Waals surface area contributed by atoms with Gasteiger partial charge in [-0.2, -0.15) is 6.42 Å². The molecule has 2 aliphatic rings. The van der Waals surface area contributed by atoms with Gasteiger partial charge in [-0.05, 0) is 41.8 Å². The van der Waals surface area contributed by atoms with Gasteiger partial charge in [0.15, 0.2) is 0 Å². The largest absolute Gasteiger partial charge is 2.00 e. The van der Waals surface area contributed by atoms with Gasteiger partial charge in [0.2, 0.25) is 0 Å². The Kier molecular flexibility index (Phi) is 25.7. The van der Waals surface area contributed by atoms with Gasteiger partial charge in [0.1, 0.15) is 6.26 Å². The van der Waals surface area contributed by atoms with Crippen molar-refractivity contribution in [1.29, 1.82) is 0 Å². The third kappa shape index (κ3) is 15.6. The number of unbranched alkanes of at least 4 members (excludes halogenated alkanes) is 1. The molecule has 2 aromatic heterocycles. The molecule has 0 spiro atoms. The quantitative estimate of drug-likeness (QED) is 0.209. The minimum Gasteiger partial charge on any atom is -0.835 e. The van der Waals surface area contributed by atoms with Gasteiger partial charge in [0.05, 0.1) is 16.1 Å². The Hall–Kier alpha value is 0.0583. The van der Waals surface area contributed by atoms with Gasteiger partial charge in [-0.1, -0.05) is 72.7 Å². The van der Waals surface area contributed by atoms with E-state index < -0.39 is 5.72 Å². The molecule has 1 aliphatic heterocycles. The van der Waals surface area contributed by atoms with Crippen LogP contribution in [-0.4, -0.2) is 34.9 Å². The summed E-state index contributed by atoms with van der Waals surface area (Å²) in [6.45, 7) is 9.18. The molecule has 220 valence electrons. The summed E-state index contributed by atoms with van der Waals surface area (Å²) in [4.78, 5) is 19.0. The van der Waals surface area contributed by atoms with E-state index in [9.17, 15) is 9.90 Å². The van der Waals surface area contributed by atoms with Crippen LogP contribution in [-0.2, 0) is 15.3 Å². The molecule has 2 fully saturated rings. The fraction of sp³-hybridized carbons (Fsp3) is 0.517.